The third-order valence-electron chi connectivity index (χ3n) is 5.01. The van der Waals surface area contributed by atoms with Crippen molar-refractivity contribution in [1.82, 2.24) is 5.32 Å². The van der Waals surface area contributed by atoms with E-state index in [1.54, 1.807) is 0 Å². The second-order valence-corrected chi connectivity index (χ2v) is 7.23. The Balaban J connectivity index is 1.69. The number of rotatable bonds is 6. The Morgan fingerprint density at radius 3 is 2.17 bits per heavy atom. The smallest absolute Gasteiger partial charge is 0.459 e. The average molecular weight is 421 g/mol. The molecule has 0 aliphatic heterocycles. The highest BCUT2D eigenvalue weighted by molar-refractivity contribution is 5.98. The first-order valence-corrected chi connectivity index (χ1v) is 9.67. The monoisotopic (exact) mass is 421 g/mol. The molecule has 5 nitrogen and oxygen atoms in total. The number of carbonyl (C=O) groups excluding carboxylic acids is 2. The molecule has 0 aromatic heterocycles. The van der Waals surface area contributed by atoms with Crippen LogP contribution in [0.5, 0.6) is 5.75 Å². The summed E-state index contributed by atoms with van der Waals surface area (Å²) < 4.78 is 46.2. The zero-order valence-corrected chi connectivity index (χ0v) is 16.2. The van der Waals surface area contributed by atoms with Crippen LogP contribution in [0, 0.1) is 0 Å². The van der Waals surface area contributed by atoms with Crippen molar-refractivity contribution in [3.8, 4) is 5.75 Å². The maximum atomic E-state index is 12.9. The van der Waals surface area contributed by atoms with Gasteiger partial charge in [-0.1, -0.05) is 49.6 Å². The molecule has 160 valence electrons. The minimum absolute atomic E-state index is 0.0980. The molecule has 0 spiro atoms. The molecule has 0 radical (unpaired) electrons. The van der Waals surface area contributed by atoms with E-state index >= 15 is 0 Å². The summed E-state index contributed by atoms with van der Waals surface area (Å²) >= 11 is 0. The summed E-state index contributed by atoms with van der Waals surface area (Å²) in [6.07, 6.45) is -1.44. The van der Waals surface area contributed by atoms with Gasteiger partial charge < -0.3 is 14.8 Å². The molecule has 2 aromatic rings. The van der Waals surface area contributed by atoms with Gasteiger partial charge in [0, 0.05) is 5.56 Å². The fourth-order valence-electron chi connectivity index (χ4n) is 3.49. The van der Waals surface area contributed by atoms with E-state index < -0.39 is 29.5 Å². The lowest BCUT2D eigenvalue weighted by atomic mass is 9.81. The predicted molar refractivity (Wildman–Crippen MR) is 103 cm³/mol. The largest absolute Gasteiger partial charge is 0.573 e. The molecule has 0 bridgehead atoms. The van der Waals surface area contributed by atoms with Gasteiger partial charge >= 0.3 is 12.3 Å². The zero-order valence-electron chi connectivity index (χ0n) is 16.2. The number of nitrogens with one attached hydrogen (secondary N) is 1. The summed E-state index contributed by atoms with van der Waals surface area (Å²) in [5.41, 5.74) is -0.181. The second kappa shape index (κ2) is 9.19. The minimum atomic E-state index is -4.81. The lowest BCUT2D eigenvalue weighted by molar-refractivity contribution is -0.274. The van der Waals surface area contributed by atoms with E-state index in [1.807, 2.05) is 30.3 Å². The molecule has 1 fully saturated rings. The number of benzene rings is 2. The molecule has 1 aliphatic rings. The average Bonchev–Trinajstić information content (AvgIpc) is 2.72. The number of halogens is 3. The van der Waals surface area contributed by atoms with Crippen LogP contribution in [0.4, 0.5) is 13.2 Å². The molecule has 1 N–H and O–H groups in total. The lowest BCUT2D eigenvalue weighted by Crippen LogP contribution is -2.56. The zero-order chi connectivity index (χ0) is 21.6. The number of ether oxygens (including phenoxy) is 2. The van der Waals surface area contributed by atoms with E-state index in [-0.39, 0.29) is 12.2 Å². The molecule has 1 amide bonds. The van der Waals surface area contributed by atoms with Crippen molar-refractivity contribution in [2.45, 2.75) is 50.6 Å². The van der Waals surface area contributed by atoms with Crippen molar-refractivity contribution in [2.24, 2.45) is 0 Å². The fourth-order valence-corrected chi connectivity index (χ4v) is 3.49. The number of alkyl halides is 3. The third-order valence-corrected chi connectivity index (χ3v) is 5.01. The standard InChI is InChI=1S/C22H22F3NO4/c23-22(24,25)30-18-11-9-17(10-12-18)19(27)26-21(13-5-2-6-14-21)20(28)29-15-16-7-3-1-4-8-16/h1,3-4,7-12H,2,5-6,13-15H2,(H,26,27). The molecule has 0 atom stereocenters. The van der Waals surface area contributed by atoms with Crippen molar-refractivity contribution in [1.29, 1.82) is 0 Å². The Morgan fingerprint density at radius 2 is 1.57 bits per heavy atom. The van der Waals surface area contributed by atoms with Gasteiger partial charge in [-0.05, 0) is 42.7 Å². The van der Waals surface area contributed by atoms with Crippen LogP contribution in [0.15, 0.2) is 54.6 Å². The second-order valence-electron chi connectivity index (χ2n) is 7.23. The van der Waals surface area contributed by atoms with Crippen LogP contribution in [0.25, 0.3) is 0 Å². The highest BCUT2D eigenvalue weighted by Gasteiger charge is 2.42. The van der Waals surface area contributed by atoms with Gasteiger partial charge in [0.2, 0.25) is 0 Å². The first-order chi connectivity index (χ1) is 14.3. The van der Waals surface area contributed by atoms with Crippen LogP contribution in [0.3, 0.4) is 0 Å². The molecular formula is C22H22F3NO4. The first kappa shape index (κ1) is 21.7. The molecule has 0 saturated heterocycles. The van der Waals surface area contributed by atoms with Gasteiger partial charge in [-0.2, -0.15) is 0 Å². The third kappa shape index (κ3) is 5.75. The van der Waals surface area contributed by atoms with E-state index in [9.17, 15) is 22.8 Å². The summed E-state index contributed by atoms with van der Waals surface area (Å²) in [7, 11) is 0. The first-order valence-electron chi connectivity index (χ1n) is 9.67. The SMILES string of the molecule is O=C(NC1(C(=O)OCc2ccccc2)CCCCC1)c1ccc(OC(F)(F)F)cc1. The molecular weight excluding hydrogens is 399 g/mol. The van der Waals surface area contributed by atoms with Crippen molar-refractivity contribution in [3.05, 3.63) is 65.7 Å². The number of hydrogen-bond donors (Lipinski definition) is 1. The van der Waals surface area contributed by atoms with Crippen LogP contribution in [-0.2, 0) is 16.1 Å². The van der Waals surface area contributed by atoms with E-state index in [0.717, 1.165) is 37.0 Å². The predicted octanol–water partition coefficient (Wildman–Crippen LogP) is 4.76. The lowest BCUT2D eigenvalue weighted by Gasteiger charge is -2.35. The van der Waals surface area contributed by atoms with E-state index in [4.69, 9.17) is 4.74 Å². The molecule has 1 saturated carbocycles. The topological polar surface area (TPSA) is 64.6 Å². The van der Waals surface area contributed by atoms with Crippen LogP contribution in [0.1, 0.15) is 48.0 Å². The number of carbonyl (C=O) groups is 2. The molecule has 0 heterocycles. The molecule has 0 unspecified atom stereocenters. The van der Waals surface area contributed by atoms with Crippen molar-refractivity contribution in [3.63, 3.8) is 0 Å². The van der Waals surface area contributed by atoms with Gasteiger partial charge in [-0.25, -0.2) is 4.79 Å². The van der Waals surface area contributed by atoms with Crippen molar-refractivity contribution >= 4 is 11.9 Å². The molecule has 2 aromatic carbocycles. The Bertz CT molecular complexity index is 860. The summed E-state index contributed by atoms with van der Waals surface area (Å²) in [6.45, 7) is 0.0980. The van der Waals surface area contributed by atoms with Crippen LogP contribution in [-0.4, -0.2) is 23.8 Å². The van der Waals surface area contributed by atoms with Gasteiger partial charge in [-0.3, -0.25) is 4.79 Å². The fraction of sp³-hybridized carbons (Fsp3) is 0.364. The van der Waals surface area contributed by atoms with Gasteiger partial charge in [0.15, 0.2) is 0 Å². The van der Waals surface area contributed by atoms with Crippen molar-refractivity contribution in [2.75, 3.05) is 0 Å². The molecule has 3 rings (SSSR count). The van der Waals surface area contributed by atoms with E-state index in [0.29, 0.717) is 12.8 Å². The molecule has 30 heavy (non-hydrogen) atoms. The van der Waals surface area contributed by atoms with Gasteiger partial charge in [0.1, 0.15) is 17.9 Å². The number of amides is 1. The van der Waals surface area contributed by atoms with Gasteiger partial charge in [-0.15, -0.1) is 13.2 Å². The Kier molecular flexibility index (Phi) is 6.64. The van der Waals surface area contributed by atoms with Crippen LogP contribution in [0.2, 0.25) is 0 Å². The summed E-state index contributed by atoms with van der Waals surface area (Å²) in [4.78, 5) is 25.6. The maximum Gasteiger partial charge on any atom is 0.573 e. The number of hydrogen-bond acceptors (Lipinski definition) is 4. The normalized spacial score (nSPS) is 15.8. The quantitative estimate of drug-likeness (QED) is 0.683. The molecule has 8 heteroatoms. The Morgan fingerprint density at radius 1 is 0.933 bits per heavy atom. The van der Waals surface area contributed by atoms with Crippen molar-refractivity contribution < 1.29 is 32.2 Å². The maximum absolute atomic E-state index is 12.9. The van der Waals surface area contributed by atoms with Crippen LogP contribution < -0.4 is 10.1 Å². The Hall–Kier alpha value is -3.03. The van der Waals surface area contributed by atoms with Gasteiger partial charge in [0.25, 0.3) is 5.91 Å². The minimum Gasteiger partial charge on any atom is -0.459 e. The van der Waals surface area contributed by atoms with E-state index in [1.165, 1.54) is 12.1 Å². The summed E-state index contributed by atoms with van der Waals surface area (Å²) in [5, 5.41) is 2.78. The van der Waals surface area contributed by atoms with Crippen LogP contribution >= 0.6 is 0 Å². The highest BCUT2D eigenvalue weighted by atomic mass is 19.4. The Labute approximate surface area is 172 Å². The highest BCUT2D eigenvalue weighted by Crippen LogP contribution is 2.30. The summed E-state index contributed by atoms with van der Waals surface area (Å²) in [5.74, 6) is -1.47. The summed E-state index contributed by atoms with van der Waals surface area (Å²) in [6, 6.07) is 13.8. The van der Waals surface area contributed by atoms with Gasteiger partial charge in [0.05, 0.1) is 0 Å². The number of esters is 1. The molecule has 1 aliphatic carbocycles. The van der Waals surface area contributed by atoms with E-state index in [2.05, 4.69) is 10.1 Å².